The van der Waals surface area contributed by atoms with E-state index in [0.29, 0.717) is 33.7 Å². The summed E-state index contributed by atoms with van der Waals surface area (Å²) in [5.74, 6) is 0.278. The maximum Gasteiger partial charge on any atom is 0.266 e. The Kier molecular flexibility index (Phi) is 7.00. The van der Waals surface area contributed by atoms with Gasteiger partial charge in [0.25, 0.3) is 11.5 Å². The summed E-state index contributed by atoms with van der Waals surface area (Å²) in [5.41, 5.74) is 2.06. The molecule has 0 spiro atoms. The van der Waals surface area contributed by atoms with Gasteiger partial charge in [0.2, 0.25) is 0 Å². The van der Waals surface area contributed by atoms with Gasteiger partial charge in [-0.2, -0.15) is 0 Å². The van der Waals surface area contributed by atoms with Gasteiger partial charge >= 0.3 is 0 Å². The molecule has 4 aromatic carbocycles. The van der Waals surface area contributed by atoms with E-state index in [0.717, 1.165) is 5.56 Å². The number of nitrogens with zero attached hydrogens (tertiary/aromatic N) is 3. The van der Waals surface area contributed by atoms with Gasteiger partial charge in [0, 0.05) is 12.1 Å². The number of carbonyl (C=O) groups excluding carboxylic acids is 1. The average molecular weight is 508 g/mol. The SMILES string of the molecule is COc1cccc(C(=O)N(Cc2ccccc2)C(C)c2nc3ccccc3c(=O)n2-c2ccc(F)cc2)c1. The van der Waals surface area contributed by atoms with E-state index in [1.165, 1.54) is 28.8 Å². The molecular formula is C31H26FN3O3. The van der Waals surface area contributed by atoms with Gasteiger partial charge in [0.1, 0.15) is 17.4 Å². The largest absolute Gasteiger partial charge is 0.497 e. The van der Waals surface area contributed by atoms with E-state index in [4.69, 9.17) is 9.72 Å². The molecule has 1 aromatic heterocycles. The van der Waals surface area contributed by atoms with Gasteiger partial charge in [0.05, 0.1) is 29.7 Å². The van der Waals surface area contributed by atoms with Crippen molar-refractivity contribution in [1.82, 2.24) is 14.5 Å². The van der Waals surface area contributed by atoms with Crippen molar-refractivity contribution in [1.29, 1.82) is 0 Å². The molecule has 38 heavy (non-hydrogen) atoms. The van der Waals surface area contributed by atoms with Crippen molar-refractivity contribution in [2.24, 2.45) is 0 Å². The number of amides is 1. The minimum Gasteiger partial charge on any atom is -0.497 e. The van der Waals surface area contributed by atoms with Gasteiger partial charge in [-0.15, -0.1) is 0 Å². The molecule has 0 aliphatic heterocycles. The maximum atomic E-state index is 14.0. The number of hydrogen-bond donors (Lipinski definition) is 0. The lowest BCUT2D eigenvalue weighted by atomic mass is 10.1. The predicted molar refractivity (Wildman–Crippen MR) is 145 cm³/mol. The molecule has 1 amide bonds. The molecular weight excluding hydrogens is 481 g/mol. The van der Waals surface area contributed by atoms with Gasteiger partial charge in [-0.3, -0.25) is 14.2 Å². The van der Waals surface area contributed by atoms with Crippen LogP contribution in [0.15, 0.2) is 108 Å². The molecule has 5 aromatic rings. The Bertz CT molecular complexity index is 1650. The van der Waals surface area contributed by atoms with Crippen LogP contribution in [0.2, 0.25) is 0 Å². The summed E-state index contributed by atoms with van der Waals surface area (Å²) in [6.45, 7) is 2.13. The zero-order valence-electron chi connectivity index (χ0n) is 21.0. The Morgan fingerprint density at radius 2 is 1.66 bits per heavy atom. The second kappa shape index (κ2) is 10.7. The lowest BCUT2D eigenvalue weighted by Crippen LogP contribution is -2.37. The van der Waals surface area contributed by atoms with E-state index in [-0.39, 0.29) is 18.0 Å². The predicted octanol–water partition coefficient (Wildman–Crippen LogP) is 5.94. The van der Waals surface area contributed by atoms with Crippen LogP contribution in [0, 0.1) is 5.82 Å². The molecule has 0 aliphatic rings. The van der Waals surface area contributed by atoms with Crippen molar-refractivity contribution in [3.05, 3.63) is 136 Å². The molecule has 1 atom stereocenters. The Labute approximate surface area is 219 Å². The fraction of sp³-hybridized carbons (Fsp3) is 0.129. The number of ether oxygens (including phenoxy) is 1. The van der Waals surface area contributed by atoms with Crippen molar-refractivity contribution in [2.75, 3.05) is 7.11 Å². The summed E-state index contributed by atoms with van der Waals surface area (Å²) in [4.78, 5) is 34.3. The number of rotatable bonds is 7. The molecule has 0 fully saturated rings. The van der Waals surface area contributed by atoms with E-state index in [1.54, 1.807) is 54.5 Å². The van der Waals surface area contributed by atoms with Crippen LogP contribution in [-0.2, 0) is 6.54 Å². The topological polar surface area (TPSA) is 64.4 Å². The third-order valence-corrected chi connectivity index (χ3v) is 6.50. The van der Waals surface area contributed by atoms with E-state index >= 15 is 0 Å². The summed E-state index contributed by atoms with van der Waals surface area (Å²) in [5, 5.41) is 0.432. The Morgan fingerprint density at radius 1 is 0.947 bits per heavy atom. The minimum atomic E-state index is -0.628. The number of hydrogen-bond acceptors (Lipinski definition) is 4. The summed E-state index contributed by atoms with van der Waals surface area (Å²) in [6, 6.07) is 28.7. The molecule has 6 nitrogen and oxygen atoms in total. The van der Waals surface area contributed by atoms with Gasteiger partial charge in [-0.25, -0.2) is 9.37 Å². The second-order valence-electron chi connectivity index (χ2n) is 8.93. The number of fused-ring (bicyclic) bond motifs is 1. The standard InChI is InChI=1S/C31H26FN3O3/c1-21(34(20-22-9-4-3-5-10-22)30(36)23-11-8-12-26(19-23)38-2)29-33-28-14-7-6-13-27(28)31(37)35(29)25-17-15-24(32)16-18-25/h3-19,21H,20H2,1-2H3. The number of halogens is 1. The first-order valence-electron chi connectivity index (χ1n) is 12.2. The molecule has 0 N–H and O–H groups in total. The number of benzene rings is 4. The van der Waals surface area contributed by atoms with E-state index in [1.807, 2.05) is 43.3 Å². The molecule has 7 heteroatoms. The number of methoxy groups -OCH3 is 1. The molecule has 1 unspecified atom stereocenters. The van der Waals surface area contributed by atoms with Crippen molar-refractivity contribution < 1.29 is 13.9 Å². The van der Waals surface area contributed by atoms with Crippen LogP contribution < -0.4 is 10.3 Å². The quantitative estimate of drug-likeness (QED) is 0.274. The Hall–Kier alpha value is -4.78. The van der Waals surface area contributed by atoms with Crippen LogP contribution in [0.25, 0.3) is 16.6 Å². The third kappa shape index (κ3) is 4.91. The molecule has 0 aliphatic carbocycles. The van der Waals surface area contributed by atoms with E-state index < -0.39 is 11.9 Å². The summed E-state index contributed by atoms with van der Waals surface area (Å²) in [6.07, 6.45) is 0. The normalized spacial score (nSPS) is 11.8. The molecule has 1 heterocycles. The van der Waals surface area contributed by atoms with Crippen LogP contribution in [0.3, 0.4) is 0 Å². The highest BCUT2D eigenvalue weighted by molar-refractivity contribution is 5.95. The summed E-state index contributed by atoms with van der Waals surface area (Å²) < 4.78 is 20.6. The lowest BCUT2D eigenvalue weighted by molar-refractivity contribution is 0.0663. The molecule has 190 valence electrons. The first kappa shape index (κ1) is 24.9. The zero-order chi connectivity index (χ0) is 26.6. The third-order valence-electron chi connectivity index (χ3n) is 6.50. The van der Waals surface area contributed by atoms with E-state index in [9.17, 15) is 14.0 Å². The first-order chi connectivity index (χ1) is 18.5. The van der Waals surface area contributed by atoms with Crippen molar-refractivity contribution in [2.45, 2.75) is 19.5 Å². The molecule has 5 rings (SSSR count). The van der Waals surface area contributed by atoms with Crippen molar-refractivity contribution >= 4 is 16.8 Å². The molecule has 0 saturated carbocycles. The second-order valence-corrected chi connectivity index (χ2v) is 8.93. The number of aromatic nitrogens is 2. The highest BCUT2D eigenvalue weighted by atomic mass is 19.1. The van der Waals surface area contributed by atoms with Crippen LogP contribution in [0.4, 0.5) is 4.39 Å². The maximum absolute atomic E-state index is 14.0. The molecule has 0 bridgehead atoms. The van der Waals surface area contributed by atoms with Crippen LogP contribution in [0.5, 0.6) is 5.75 Å². The summed E-state index contributed by atoms with van der Waals surface area (Å²) >= 11 is 0. The zero-order valence-corrected chi connectivity index (χ0v) is 21.0. The monoisotopic (exact) mass is 507 g/mol. The van der Waals surface area contributed by atoms with Gasteiger partial charge in [-0.1, -0.05) is 48.5 Å². The van der Waals surface area contributed by atoms with E-state index in [2.05, 4.69) is 0 Å². The van der Waals surface area contributed by atoms with Crippen LogP contribution in [0.1, 0.15) is 34.7 Å². The van der Waals surface area contributed by atoms with Crippen molar-refractivity contribution in [3.63, 3.8) is 0 Å². The van der Waals surface area contributed by atoms with Gasteiger partial charge in [0.15, 0.2) is 0 Å². The highest BCUT2D eigenvalue weighted by Crippen LogP contribution is 2.27. The fourth-order valence-electron chi connectivity index (χ4n) is 4.50. The minimum absolute atomic E-state index is 0.242. The van der Waals surface area contributed by atoms with Crippen LogP contribution >= 0.6 is 0 Å². The Balaban J connectivity index is 1.69. The van der Waals surface area contributed by atoms with Crippen LogP contribution in [-0.4, -0.2) is 27.5 Å². The average Bonchev–Trinajstić information content (AvgIpc) is 2.96. The van der Waals surface area contributed by atoms with Gasteiger partial charge in [-0.05, 0) is 67.1 Å². The fourth-order valence-corrected chi connectivity index (χ4v) is 4.50. The number of para-hydroxylation sites is 1. The highest BCUT2D eigenvalue weighted by Gasteiger charge is 2.28. The summed E-state index contributed by atoms with van der Waals surface area (Å²) in [7, 11) is 1.55. The molecule has 0 saturated heterocycles. The first-order valence-corrected chi connectivity index (χ1v) is 12.2. The lowest BCUT2D eigenvalue weighted by Gasteiger charge is -2.31. The van der Waals surface area contributed by atoms with Gasteiger partial charge < -0.3 is 9.64 Å². The number of carbonyl (C=O) groups is 1. The van der Waals surface area contributed by atoms with Crippen molar-refractivity contribution in [3.8, 4) is 11.4 Å². The molecule has 0 radical (unpaired) electrons. The smallest absolute Gasteiger partial charge is 0.266 e. The Morgan fingerprint density at radius 3 is 2.39 bits per heavy atom.